The number of aromatic hydroxyl groups is 1. The Kier molecular flexibility index (Phi) is 6.44. The smallest absolute Gasteiger partial charge is 0.416 e. The average Bonchev–Trinajstić information content (AvgIpc) is 2.74. The van der Waals surface area contributed by atoms with Crippen LogP contribution in [-0.2, 0) is 12.4 Å². The summed E-state index contributed by atoms with van der Waals surface area (Å²) in [6.45, 7) is 0. The Hall–Kier alpha value is -4.22. The largest absolute Gasteiger partial charge is 0.505 e. The van der Waals surface area contributed by atoms with Gasteiger partial charge in [0.2, 0.25) is 0 Å². The molecule has 0 saturated heterocycles. The highest BCUT2D eigenvalue weighted by molar-refractivity contribution is 6.09. The quantitative estimate of drug-likeness (QED) is 0.403. The lowest BCUT2D eigenvalue weighted by molar-refractivity contribution is -0.143. The molecule has 0 heterocycles. The number of nitrogens with zero attached hydrogens (tertiary/aromatic N) is 1. The van der Waals surface area contributed by atoms with Crippen molar-refractivity contribution in [2.75, 3.05) is 10.2 Å². The fraction of sp³-hybridized carbons (Fsp3) is 0.0909. The van der Waals surface area contributed by atoms with Gasteiger partial charge in [-0.15, -0.1) is 0 Å². The molecular formula is C22H15F6N3O3. The summed E-state index contributed by atoms with van der Waals surface area (Å²) in [5.41, 5.74) is 0.826. The highest BCUT2D eigenvalue weighted by Crippen LogP contribution is 2.39. The molecule has 3 aromatic carbocycles. The molecule has 3 aromatic rings. The van der Waals surface area contributed by atoms with Crippen molar-refractivity contribution in [2.45, 2.75) is 12.4 Å². The lowest BCUT2D eigenvalue weighted by Crippen LogP contribution is -2.31. The van der Waals surface area contributed by atoms with Crippen LogP contribution in [0.4, 0.5) is 48.2 Å². The van der Waals surface area contributed by atoms with Crippen molar-refractivity contribution < 1.29 is 41.0 Å². The molecule has 0 bridgehead atoms. The third-order valence-electron chi connectivity index (χ3n) is 4.58. The molecular weight excluding hydrogens is 468 g/mol. The lowest BCUT2D eigenvalue weighted by atomic mass is 10.1. The van der Waals surface area contributed by atoms with E-state index in [2.05, 4.69) is 0 Å². The molecule has 0 saturated carbocycles. The van der Waals surface area contributed by atoms with Gasteiger partial charge in [-0.1, -0.05) is 24.3 Å². The SMILES string of the molecule is NC(=O)N(c1ccccc1)c1cccc(C(=O)Nc2cc(C(F)(F)F)cc(C(F)(F)F)c2)c1O. The molecule has 0 aromatic heterocycles. The zero-order valence-corrected chi connectivity index (χ0v) is 16.9. The van der Waals surface area contributed by atoms with Gasteiger partial charge in [0.1, 0.15) is 0 Å². The van der Waals surface area contributed by atoms with Crippen LogP contribution < -0.4 is 16.0 Å². The van der Waals surface area contributed by atoms with Crippen LogP contribution in [0, 0.1) is 0 Å². The molecule has 0 aliphatic carbocycles. The third kappa shape index (κ3) is 5.22. The zero-order valence-electron chi connectivity index (χ0n) is 16.9. The predicted octanol–water partition coefficient (Wildman–Crippen LogP) is 5.90. The van der Waals surface area contributed by atoms with Gasteiger partial charge in [-0.3, -0.25) is 9.69 Å². The van der Waals surface area contributed by atoms with Crippen LogP contribution >= 0.6 is 0 Å². The average molecular weight is 483 g/mol. The molecule has 12 heteroatoms. The Morgan fingerprint density at radius 2 is 1.38 bits per heavy atom. The molecule has 6 nitrogen and oxygen atoms in total. The molecule has 0 atom stereocenters. The van der Waals surface area contributed by atoms with E-state index in [1.165, 1.54) is 24.3 Å². The second-order valence-electron chi connectivity index (χ2n) is 6.93. The third-order valence-corrected chi connectivity index (χ3v) is 4.58. The molecule has 4 N–H and O–H groups in total. The number of alkyl halides is 6. The number of phenols is 1. The number of carbonyl (C=O) groups excluding carboxylic acids is 2. The lowest BCUT2D eigenvalue weighted by Gasteiger charge is -2.22. The van der Waals surface area contributed by atoms with Crippen molar-refractivity contribution in [2.24, 2.45) is 5.73 Å². The minimum Gasteiger partial charge on any atom is -0.505 e. The molecule has 0 unspecified atom stereocenters. The Labute approximate surface area is 188 Å². The molecule has 0 aliphatic heterocycles. The van der Waals surface area contributed by atoms with E-state index in [1.807, 2.05) is 5.32 Å². The first-order chi connectivity index (χ1) is 15.8. The standard InChI is InChI=1S/C22H15F6N3O3/c23-21(24,25)12-9-13(22(26,27)28)11-14(10-12)30-19(33)16-7-4-8-17(18(16)32)31(20(29)34)15-5-2-1-3-6-15/h1-11,32H,(H2,29,34)(H,30,33). The van der Waals surface area contributed by atoms with Gasteiger partial charge in [-0.05, 0) is 42.5 Å². The van der Waals surface area contributed by atoms with Crippen molar-refractivity contribution >= 4 is 29.0 Å². The number of primary amides is 1. The van der Waals surface area contributed by atoms with Gasteiger partial charge < -0.3 is 16.2 Å². The Bertz CT molecular complexity index is 1190. The van der Waals surface area contributed by atoms with E-state index in [0.717, 1.165) is 11.0 Å². The molecule has 178 valence electrons. The molecule has 0 aliphatic rings. The number of benzene rings is 3. The van der Waals surface area contributed by atoms with Crippen molar-refractivity contribution in [3.05, 3.63) is 83.4 Å². The predicted molar refractivity (Wildman–Crippen MR) is 111 cm³/mol. The van der Waals surface area contributed by atoms with Gasteiger partial charge in [0.15, 0.2) is 5.75 Å². The van der Waals surface area contributed by atoms with Gasteiger partial charge in [-0.25, -0.2) is 4.79 Å². The number of urea groups is 1. The molecule has 0 radical (unpaired) electrons. The van der Waals surface area contributed by atoms with Crippen molar-refractivity contribution in [3.8, 4) is 5.75 Å². The second-order valence-corrected chi connectivity index (χ2v) is 6.93. The van der Waals surface area contributed by atoms with Crippen LogP contribution in [0.25, 0.3) is 0 Å². The maximum atomic E-state index is 13.1. The number of phenolic OH excluding ortho intramolecular Hbond substituents is 1. The van der Waals surface area contributed by atoms with Gasteiger partial charge in [-0.2, -0.15) is 26.3 Å². The van der Waals surface area contributed by atoms with Crippen LogP contribution in [0.3, 0.4) is 0 Å². The Morgan fingerprint density at radius 3 is 1.88 bits per heavy atom. The first kappa shape index (κ1) is 24.4. The zero-order chi connectivity index (χ0) is 25.3. The summed E-state index contributed by atoms with van der Waals surface area (Å²) in [5, 5.41) is 12.5. The first-order valence-electron chi connectivity index (χ1n) is 9.36. The number of nitrogens with two attached hydrogens (primary N) is 1. The van der Waals surface area contributed by atoms with E-state index in [0.29, 0.717) is 12.1 Å². The van der Waals surface area contributed by atoms with Gasteiger partial charge in [0.25, 0.3) is 5.91 Å². The first-order valence-corrected chi connectivity index (χ1v) is 9.36. The number of halogens is 6. The normalized spacial score (nSPS) is 11.7. The molecule has 3 rings (SSSR count). The van der Waals surface area contributed by atoms with Crippen molar-refractivity contribution in [3.63, 3.8) is 0 Å². The molecule has 0 fully saturated rings. The summed E-state index contributed by atoms with van der Waals surface area (Å²) < 4.78 is 78.4. The number of nitrogens with one attached hydrogen (secondary N) is 1. The van der Waals surface area contributed by atoms with E-state index in [4.69, 9.17) is 5.73 Å². The van der Waals surface area contributed by atoms with Crippen LogP contribution in [-0.4, -0.2) is 17.0 Å². The van der Waals surface area contributed by atoms with E-state index < -0.39 is 52.4 Å². The number of carbonyl (C=O) groups is 2. The van der Waals surface area contributed by atoms with Crippen LogP contribution in [0.1, 0.15) is 21.5 Å². The van der Waals surface area contributed by atoms with Gasteiger partial charge >= 0.3 is 18.4 Å². The summed E-state index contributed by atoms with van der Waals surface area (Å²) in [5.74, 6) is -1.99. The fourth-order valence-corrected chi connectivity index (χ4v) is 3.08. The van der Waals surface area contributed by atoms with Crippen LogP contribution in [0.2, 0.25) is 0 Å². The van der Waals surface area contributed by atoms with Crippen molar-refractivity contribution in [1.82, 2.24) is 0 Å². The maximum absolute atomic E-state index is 13.1. The van der Waals surface area contributed by atoms with Gasteiger partial charge in [0, 0.05) is 5.69 Å². The second kappa shape index (κ2) is 8.96. The Morgan fingerprint density at radius 1 is 0.824 bits per heavy atom. The van der Waals surface area contributed by atoms with Gasteiger partial charge in [0.05, 0.1) is 28.1 Å². The Balaban J connectivity index is 2.02. The fourth-order valence-electron chi connectivity index (χ4n) is 3.08. The number of anilines is 3. The number of rotatable bonds is 4. The summed E-state index contributed by atoms with van der Waals surface area (Å²) in [6, 6.07) is 10.9. The maximum Gasteiger partial charge on any atom is 0.416 e. The monoisotopic (exact) mass is 483 g/mol. The minimum absolute atomic E-state index is 0.0850. The summed E-state index contributed by atoms with van der Waals surface area (Å²) in [4.78, 5) is 25.6. The van der Waals surface area contributed by atoms with Crippen LogP contribution in [0.15, 0.2) is 66.7 Å². The molecule has 34 heavy (non-hydrogen) atoms. The number of para-hydroxylation sites is 2. The molecule has 0 spiro atoms. The summed E-state index contributed by atoms with van der Waals surface area (Å²) in [6.07, 6.45) is -10.2. The van der Waals surface area contributed by atoms with Crippen LogP contribution in [0.5, 0.6) is 5.75 Å². The highest BCUT2D eigenvalue weighted by atomic mass is 19.4. The highest BCUT2D eigenvalue weighted by Gasteiger charge is 2.37. The molecule has 3 amide bonds. The van der Waals surface area contributed by atoms with E-state index in [-0.39, 0.29) is 17.4 Å². The number of hydrogen-bond donors (Lipinski definition) is 3. The van der Waals surface area contributed by atoms with E-state index in [9.17, 15) is 41.0 Å². The number of amides is 3. The van der Waals surface area contributed by atoms with Crippen molar-refractivity contribution in [1.29, 1.82) is 0 Å². The minimum atomic E-state index is -5.11. The summed E-state index contributed by atoms with van der Waals surface area (Å²) in [7, 11) is 0. The van der Waals surface area contributed by atoms with E-state index >= 15 is 0 Å². The topological polar surface area (TPSA) is 95.7 Å². The van der Waals surface area contributed by atoms with E-state index in [1.54, 1.807) is 18.2 Å². The summed E-state index contributed by atoms with van der Waals surface area (Å²) >= 11 is 0. The number of hydrogen-bond acceptors (Lipinski definition) is 3.